The molecule has 0 spiro atoms. The van der Waals surface area contributed by atoms with Crippen molar-refractivity contribution in [2.75, 3.05) is 6.54 Å². The molecule has 4 nitrogen and oxygen atoms in total. The highest BCUT2D eigenvalue weighted by atomic mass is 35.5. The van der Waals surface area contributed by atoms with E-state index in [4.69, 9.17) is 17.1 Å². The van der Waals surface area contributed by atoms with Crippen LogP contribution in [-0.4, -0.2) is 12.3 Å². The molecule has 16 heavy (non-hydrogen) atoms. The van der Waals surface area contributed by atoms with E-state index in [1.807, 2.05) is 0 Å². The van der Waals surface area contributed by atoms with Crippen LogP contribution in [0.2, 0.25) is 5.02 Å². The van der Waals surface area contributed by atoms with Gasteiger partial charge in [0.05, 0.1) is 6.54 Å². The molecule has 82 valence electrons. The van der Waals surface area contributed by atoms with Gasteiger partial charge in [-0.2, -0.15) is 0 Å². The fourth-order valence-electron chi connectivity index (χ4n) is 1.13. The highest BCUT2D eigenvalue weighted by Crippen LogP contribution is 2.13. The van der Waals surface area contributed by atoms with Crippen LogP contribution in [0.25, 0.3) is 16.5 Å². The second-order valence-electron chi connectivity index (χ2n) is 3.17. The van der Waals surface area contributed by atoms with Gasteiger partial charge in [0.15, 0.2) is 5.78 Å². The van der Waals surface area contributed by atoms with E-state index >= 15 is 0 Å². The third-order valence-electron chi connectivity index (χ3n) is 1.97. The molecule has 0 saturated carbocycles. The lowest BCUT2D eigenvalue weighted by Crippen LogP contribution is -1.99. The van der Waals surface area contributed by atoms with Crippen molar-refractivity contribution in [3.8, 4) is 0 Å². The Morgan fingerprint density at radius 3 is 2.62 bits per heavy atom. The Morgan fingerprint density at radius 2 is 2.12 bits per heavy atom. The lowest BCUT2D eigenvalue weighted by Gasteiger charge is -1.99. The molecule has 1 aromatic rings. The summed E-state index contributed by atoms with van der Waals surface area (Å²) in [7, 11) is 0. The summed E-state index contributed by atoms with van der Waals surface area (Å²) >= 11 is 5.74. The first-order valence-electron chi connectivity index (χ1n) is 4.61. The molecule has 5 heteroatoms. The van der Waals surface area contributed by atoms with E-state index in [0.717, 1.165) is 5.56 Å². The summed E-state index contributed by atoms with van der Waals surface area (Å²) in [5.41, 5.74) is 9.52. The monoisotopic (exact) mass is 235 g/mol. The molecule has 0 N–H and O–H groups in total. The van der Waals surface area contributed by atoms with E-state index in [1.54, 1.807) is 30.3 Å². The first-order valence-corrected chi connectivity index (χ1v) is 4.99. The maximum absolute atomic E-state index is 11.2. The molecule has 0 radical (unpaired) electrons. The number of carbonyl (C=O) groups excluding carboxylic acids is 1. The lowest BCUT2D eigenvalue weighted by atomic mass is 10.1. The number of benzene rings is 1. The molecule has 1 aromatic carbocycles. The van der Waals surface area contributed by atoms with Crippen LogP contribution in [0.4, 0.5) is 0 Å². The number of nitrogens with zero attached hydrogens (tertiary/aromatic N) is 3. The Morgan fingerprint density at radius 1 is 1.50 bits per heavy atom. The summed E-state index contributed by atoms with van der Waals surface area (Å²) in [5, 5.41) is 4.01. The van der Waals surface area contributed by atoms with Crippen molar-refractivity contribution in [1.82, 2.24) is 0 Å². The first kappa shape index (κ1) is 12.3. The van der Waals surface area contributed by atoms with Crippen LogP contribution in [0.3, 0.4) is 0 Å². The lowest BCUT2D eigenvalue weighted by molar-refractivity contribution is -0.113. The summed E-state index contributed by atoms with van der Waals surface area (Å²) in [6.07, 6.45) is 1.69. The molecule has 0 saturated heterocycles. The van der Waals surface area contributed by atoms with Gasteiger partial charge in [-0.3, -0.25) is 4.79 Å². The minimum absolute atomic E-state index is 0.0639. The van der Waals surface area contributed by atoms with E-state index in [2.05, 4.69) is 10.0 Å². The third-order valence-corrected chi connectivity index (χ3v) is 2.22. The molecular formula is C11H10ClN3O. The molecule has 0 amide bonds. The molecule has 0 fully saturated rings. The molecule has 0 aromatic heterocycles. The standard InChI is InChI=1S/C11H10ClN3O/c1-8(16)10(7-14-15-13)6-9-2-4-11(12)5-3-9/h2-6H,7H2,1H3/b10-6+. The fraction of sp³-hybridized carbons (Fsp3) is 0.182. The van der Waals surface area contributed by atoms with Gasteiger partial charge in [0.1, 0.15) is 0 Å². The van der Waals surface area contributed by atoms with Gasteiger partial charge in [-0.1, -0.05) is 28.8 Å². The highest BCUT2D eigenvalue weighted by Gasteiger charge is 2.02. The van der Waals surface area contributed by atoms with E-state index in [1.165, 1.54) is 6.92 Å². The second kappa shape index (κ2) is 5.95. The zero-order valence-corrected chi connectivity index (χ0v) is 9.48. The minimum Gasteiger partial charge on any atom is -0.295 e. The average Bonchev–Trinajstić information content (AvgIpc) is 2.26. The number of Topliss-reactive ketones (excluding diaryl/α,β-unsaturated/α-hetero) is 1. The maximum atomic E-state index is 11.2. The van der Waals surface area contributed by atoms with Gasteiger partial charge in [0, 0.05) is 15.5 Å². The molecule has 0 heterocycles. The van der Waals surface area contributed by atoms with Gasteiger partial charge in [0.2, 0.25) is 0 Å². The molecule has 0 aliphatic rings. The number of rotatable bonds is 4. The Kier molecular flexibility index (Phi) is 4.58. The van der Waals surface area contributed by atoms with Gasteiger partial charge in [0.25, 0.3) is 0 Å². The Labute approximate surface area is 98.2 Å². The number of halogens is 1. The van der Waals surface area contributed by atoms with Crippen molar-refractivity contribution < 1.29 is 4.79 Å². The van der Waals surface area contributed by atoms with Crippen molar-refractivity contribution in [1.29, 1.82) is 0 Å². The number of hydrogen-bond acceptors (Lipinski definition) is 2. The summed E-state index contributed by atoms with van der Waals surface area (Å²) in [6.45, 7) is 1.50. The van der Waals surface area contributed by atoms with Crippen LogP contribution >= 0.6 is 11.6 Å². The number of carbonyl (C=O) groups is 1. The zero-order chi connectivity index (χ0) is 12.0. The van der Waals surface area contributed by atoms with Crippen molar-refractivity contribution in [2.45, 2.75) is 6.92 Å². The summed E-state index contributed by atoms with van der Waals surface area (Å²) < 4.78 is 0. The molecule has 0 atom stereocenters. The Hall–Kier alpha value is -1.77. The van der Waals surface area contributed by atoms with Gasteiger partial charge in [-0.25, -0.2) is 0 Å². The van der Waals surface area contributed by atoms with Crippen LogP contribution in [0, 0.1) is 0 Å². The normalized spacial score (nSPS) is 10.8. The van der Waals surface area contributed by atoms with Gasteiger partial charge in [-0.15, -0.1) is 0 Å². The van der Waals surface area contributed by atoms with Crippen LogP contribution in [0.15, 0.2) is 35.0 Å². The van der Waals surface area contributed by atoms with Crippen molar-refractivity contribution in [3.05, 3.63) is 50.9 Å². The van der Waals surface area contributed by atoms with Crippen molar-refractivity contribution in [3.63, 3.8) is 0 Å². The van der Waals surface area contributed by atoms with Crippen LogP contribution in [0.5, 0.6) is 0 Å². The molecule has 0 aliphatic carbocycles. The zero-order valence-electron chi connectivity index (χ0n) is 8.72. The number of hydrogen-bond donors (Lipinski definition) is 0. The molecule has 1 rings (SSSR count). The van der Waals surface area contributed by atoms with Crippen molar-refractivity contribution in [2.24, 2.45) is 5.11 Å². The topological polar surface area (TPSA) is 65.8 Å². The molecule has 0 aliphatic heterocycles. The van der Waals surface area contributed by atoms with Crippen LogP contribution < -0.4 is 0 Å². The van der Waals surface area contributed by atoms with Gasteiger partial charge >= 0.3 is 0 Å². The van der Waals surface area contributed by atoms with E-state index in [-0.39, 0.29) is 12.3 Å². The predicted octanol–water partition coefficient (Wildman–Crippen LogP) is 3.62. The Bertz CT molecular complexity index is 459. The van der Waals surface area contributed by atoms with Crippen LogP contribution in [0.1, 0.15) is 12.5 Å². The summed E-state index contributed by atoms with van der Waals surface area (Å²) in [4.78, 5) is 13.9. The van der Waals surface area contributed by atoms with E-state index in [9.17, 15) is 4.79 Å². The molecular weight excluding hydrogens is 226 g/mol. The highest BCUT2D eigenvalue weighted by molar-refractivity contribution is 6.30. The quantitative estimate of drug-likeness (QED) is 0.340. The summed E-state index contributed by atoms with van der Waals surface area (Å²) in [5.74, 6) is -0.109. The first-order chi connectivity index (χ1) is 7.63. The van der Waals surface area contributed by atoms with Gasteiger partial charge in [-0.05, 0) is 36.2 Å². The second-order valence-corrected chi connectivity index (χ2v) is 3.60. The van der Waals surface area contributed by atoms with Crippen LogP contribution in [-0.2, 0) is 4.79 Å². The van der Waals surface area contributed by atoms with E-state index < -0.39 is 0 Å². The number of azide groups is 1. The smallest absolute Gasteiger partial charge is 0.155 e. The average molecular weight is 236 g/mol. The fourth-order valence-corrected chi connectivity index (χ4v) is 1.25. The Balaban J connectivity index is 2.97. The minimum atomic E-state index is -0.109. The SMILES string of the molecule is CC(=O)/C(=C/c1ccc(Cl)cc1)CN=[N+]=[N-]. The van der Waals surface area contributed by atoms with Crippen molar-refractivity contribution >= 4 is 23.5 Å². The number of ketones is 1. The molecule has 0 bridgehead atoms. The third kappa shape index (κ3) is 3.77. The predicted molar refractivity (Wildman–Crippen MR) is 64.1 cm³/mol. The molecule has 0 unspecified atom stereocenters. The van der Waals surface area contributed by atoms with Gasteiger partial charge < -0.3 is 0 Å². The largest absolute Gasteiger partial charge is 0.295 e. The van der Waals surface area contributed by atoms with E-state index in [0.29, 0.717) is 10.6 Å². The maximum Gasteiger partial charge on any atom is 0.155 e. The summed E-state index contributed by atoms with van der Waals surface area (Å²) in [6, 6.07) is 7.06.